The van der Waals surface area contributed by atoms with Crippen LogP contribution in [-0.2, 0) is 11.2 Å². The summed E-state index contributed by atoms with van der Waals surface area (Å²) in [7, 11) is 3.85. The minimum Gasteiger partial charge on any atom is -0.309 e. The van der Waals surface area contributed by atoms with Crippen molar-refractivity contribution in [2.24, 2.45) is 0 Å². The van der Waals surface area contributed by atoms with Crippen LogP contribution in [-0.4, -0.2) is 35.9 Å². The van der Waals surface area contributed by atoms with Crippen molar-refractivity contribution in [2.45, 2.75) is 18.9 Å². The molecule has 2 rings (SSSR count). The van der Waals surface area contributed by atoms with Crippen molar-refractivity contribution in [1.82, 2.24) is 9.88 Å². The van der Waals surface area contributed by atoms with Gasteiger partial charge in [-0.3, -0.25) is 9.69 Å². The lowest BCUT2D eigenvalue weighted by molar-refractivity contribution is -0.120. The van der Waals surface area contributed by atoms with E-state index in [1.807, 2.05) is 31.1 Å². The normalized spacial score (nSPS) is 20.7. The van der Waals surface area contributed by atoms with E-state index in [0.717, 1.165) is 18.4 Å². The Hall–Kier alpha value is -1.42. The Kier molecular flexibility index (Phi) is 2.68. The molecule has 4 nitrogen and oxygen atoms in total. The highest BCUT2D eigenvalue weighted by atomic mass is 16.2. The summed E-state index contributed by atoms with van der Waals surface area (Å²) in [6.45, 7) is 0. The highest BCUT2D eigenvalue weighted by Gasteiger charge is 2.25. The summed E-state index contributed by atoms with van der Waals surface area (Å²) in [5.41, 5.74) is 1.12. The summed E-state index contributed by atoms with van der Waals surface area (Å²) in [5.74, 6) is 0.754. The topological polar surface area (TPSA) is 45.2 Å². The van der Waals surface area contributed by atoms with Crippen LogP contribution in [0.4, 0.5) is 5.82 Å². The van der Waals surface area contributed by atoms with Crippen LogP contribution in [0.3, 0.4) is 0 Å². The van der Waals surface area contributed by atoms with E-state index in [1.54, 1.807) is 6.20 Å². The van der Waals surface area contributed by atoms with Crippen LogP contribution in [0.2, 0.25) is 0 Å². The lowest BCUT2D eigenvalue weighted by Crippen LogP contribution is -2.38. The van der Waals surface area contributed by atoms with Crippen LogP contribution < -0.4 is 5.32 Å². The molecular weight excluding hydrogens is 190 g/mol. The number of amides is 1. The molecule has 0 fully saturated rings. The zero-order chi connectivity index (χ0) is 10.8. The molecule has 0 radical (unpaired) electrons. The molecule has 0 saturated heterocycles. The fourth-order valence-corrected chi connectivity index (χ4v) is 1.87. The zero-order valence-electron chi connectivity index (χ0n) is 9.03. The van der Waals surface area contributed by atoms with Crippen molar-refractivity contribution < 1.29 is 4.79 Å². The number of hydrogen-bond donors (Lipinski definition) is 1. The third-order valence-electron chi connectivity index (χ3n) is 2.75. The van der Waals surface area contributed by atoms with Gasteiger partial charge in [-0.25, -0.2) is 4.98 Å². The monoisotopic (exact) mass is 205 g/mol. The number of hydrogen-bond acceptors (Lipinski definition) is 3. The number of aryl methyl sites for hydroxylation is 1. The number of carbonyl (C=O) groups excluding carboxylic acids is 1. The highest BCUT2D eigenvalue weighted by molar-refractivity contribution is 5.95. The molecular formula is C11H15N3O. The predicted octanol–water partition coefficient (Wildman–Crippen LogP) is 0.896. The molecule has 1 amide bonds. The quantitative estimate of drug-likeness (QED) is 0.740. The predicted molar refractivity (Wildman–Crippen MR) is 58.7 cm³/mol. The van der Waals surface area contributed by atoms with Gasteiger partial charge in [-0.15, -0.1) is 0 Å². The van der Waals surface area contributed by atoms with Crippen molar-refractivity contribution >= 4 is 11.7 Å². The smallest absolute Gasteiger partial charge is 0.242 e. The maximum absolute atomic E-state index is 11.8. The minimum atomic E-state index is -0.0563. The maximum atomic E-state index is 11.8. The van der Waals surface area contributed by atoms with E-state index in [1.165, 1.54) is 0 Å². The average Bonchev–Trinajstić information content (AvgIpc) is 2.35. The van der Waals surface area contributed by atoms with Gasteiger partial charge < -0.3 is 5.32 Å². The van der Waals surface area contributed by atoms with E-state index in [4.69, 9.17) is 0 Å². The highest BCUT2D eigenvalue weighted by Crippen LogP contribution is 2.20. The molecule has 1 unspecified atom stereocenters. The molecule has 0 bridgehead atoms. The molecule has 1 aromatic heterocycles. The van der Waals surface area contributed by atoms with Crippen LogP contribution in [0.25, 0.3) is 0 Å². The minimum absolute atomic E-state index is 0.0393. The molecule has 0 aromatic carbocycles. The molecule has 15 heavy (non-hydrogen) atoms. The second-order valence-electron chi connectivity index (χ2n) is 4.02. The number of rotatable bonds is 1. The van der Waals surface area contributed by atoms with Crippen LogP contribution in [0.15, 0.2) is 18.3 Å². The Morgan fingerprint density at radius 3 is 3.07 bits per heavy atom. The molecule has 1 aliphatic heterocycles. The lowest BCUT2D eigenvalue weighted by Gasteiger charge is -2.20. The van der Waals surface area contributed by atoms with Gasteiger partial charge in [0.1, 0.15) is 5.82 Å². The van der Waals surface area contributed by atoms with Crippen LogP contribution in [0.5, 0.6) is 0 Å². The lowest BCUT2D eigenvalue weighted by atomic mass is 10.1. The summed E-state index contributed by atoms with van der Waals surface area (Å²) in [6, 6.07) is 3.86. The Bertz CT molecular complexity index is 376. The van der Waals surface area contributed by atoms with E-state index in [9.17, 15) is 4.79 Å². The molecule has 1 N–H and O–H groups in total. The first-order chi connectivity index (χ1) is 7.18. The van der Waals surface area contributed by atoms with Crippen LogP contribution >= 0.6 is 0 Å². The van der Waals surface area contributed by atoms with Crippen LogP contribution in [0, 0.1) is 0 Å². The number of anilines is 1. The maximum Gasteiger partial charge on any atom is 0.242 e. The third-order valence-corrected chi connectivity index (χ3v) is 2.75. The fraction of sp³-hybridized carbons (Fsp3) is 0.455. The molecule has 1 aliphatic rings. The molecule has 80 valence electrons. The number of pyridine rings is 1. The van der Waals surface area contributed by atoms with Gasteiger partial charge in [0.25, 0.3) is 0 Å². The first-order valence-corrected chi connectivity index (χ1v) is 5.09. The summed E-state index contributed by atoms with van der Waals surface area (Å²) in [5, 5.41) is 2.86. The van der Waals surface area contributed by atoms with Gasteiger partial charge in [0.05, 0.1) is 6.04 Å². The van der Waals surface area contributed by atoms with E-state index >= 15 is 0 Å². The molecule has 0 spiro atoms. The van der Waals surface area contributed by atoms with E-state index in [0.29, 0.717) is 5.82 Å². The molecule has 2 heterocycles. The molecule has 1 aromatic rings. The second-order valence-corrected chi connectivity index (χ2v) is 4.02. The first kappa shape index (κ1) is 10.1. The number of aromatic nitrogens is 1. The van der Waals surface area contributed by atoms with Gasteiger partial charge in [-0.1, -0.05) is 6.07 Å². The summed E-state index contributed by atoms with van der Waals surface area (Å²) in [6.07, 6.45) is 3.44. The number of carbonyl (C=O) groups is 1. The van der Waals surface area contributed by atoms with E-state index in [-0.39, 0.29) is 11.9 Å². The van der Waals surface area contributed by atoms with Gasteiger partial charge in [-0.2, -0.15) is 0 Å². The SMILES string of the molecule is CN(C)C1CCc2cccnc2NC1=O. The van der Waals surface area contributed by atoms with Gasteiger partial charge >= 0.3 is 0 Å². The van der Waals surface area contributed by atoms with Crippen LogP contribution in [0.1, 0.15) is 12.0 Å². The number of nitrogens with zero attached hydrogens (tertiary/aromatic N) is 2. The van der Waals surface area contributed by atoms with Crippen molar-refractivity contribution in [3.05, 3.63) is 23.9 Å². The van der Waals surface area contributed by atoms with Crippen molar-refractivity contribution in [3.63, 3.8) is 0 Å². The molecule has 1 atom stereocenters. The van der Waals surface area contributed by atoms with Gasteiger partial charge in [0.2, 0.25) is 5.91 Å². The van der Waals surface area contributed by atoms with Crippen molar-refractivity contribution in [3.8, 4) is 0 Å². The molecule has 0 saturated carbocycles. The number of fused-ring (bicyclic) bond motifs is 1. The average molecular weight is 205 g/mol. The third kappa shape index (κ3) is 1.99. The fourth-order valence-electron chi connectivity index (χ4n) is 1.87. The van der Waals surface area contributed by atoms with Gasteiger partial charge in [0, 0.05) is 6.20 Å². The first-order valence-electron chi connectivity index (χ1n) is 5.09. The van der Waals surface area contributed by atoms with E-state index in [2.05, 4.69) is 10.3 Å². The van der Waals surface area contributed by atoms with Gasteiger partial charge in [0.15, 0.2) is 0 Å². The standard InChI is InChI=1S/C11H15N3O/c1-14(2)9-6-5-8-4-3-7-12-10(8)13-11(9)15/h3-4,7,9H,5-6H2,1-2H3,(H,12,13,15). The van der Waals surface area contributed by atoms with Crippen molar-refractivity contribution in [2.75, 3.05) is 19.4 Å². The number of likely N-dealkylation sites (N-methyl/N-ethyl adjacent to an activating group) is 1. The Labute approximate surface area is 89.3 Å². The Morgan fingerprint density at radius 1 is 1.53 bits per heavy atom. The summed E-state index contributed by atoms with van der Waals surface area (Å²) in [4.78, 5) is 17.9. The zero-order valence-corrected chi connectivity index (χ0v) is 9.03. The summed E-state index contributed by atoms with van der Waals surface area (Å²) >= 11 is 0. The Balaban J connectivity index is 2.26. The van der Waals surface area contributed by atoms with Gasteiger partial charge in [-0.05, 0) is 38.6 Å². The largest absolute Gasteiger partial charge is 0.309 e. The molecule has 4 heteroatoms. The van der Waals surface area contributed by atoms with Crippen molar-refractivity contribution in [1.29, 1.82) is 0 Å². The molecule has 0 aliphatic carbocycles. The van der Waals surface area contributed by atoms with E-state index < -0.39 is 0 Å². The number of nitrogens with one attached hydrogen (secondary N) is 1. The second kappa shape index (κ2) is 3.98. The summed E-state index contributed by atoms with van der Waals surface area (Å²) < 4.78 is 0. The Morgan fingerprint density at radius 2 is 2.33 bits per heavy atom.